The van der Waals surface area contributed by atoms with Crippen LogP contribution in [0.1, 0.15) is 19.5 Å². The third-order valence-electron chi connectivity index (χ3n) is 1.95. The number of carbonyl (C=O) groups is 1. The van der Waals surface area contributed by atoms with Crippen molar-refractivity contribution in [1.82, 2.24) is 14.9 Å². The second-order valence-electron chi connectivity index (χ2n) is 3.48. The third kappa shape index (κ3) is 3.30. The lowest BCUT2D eigenvalue weighted by molar-refractivity contribution is -0.137. The zero-order valence-corrected chi connectivity index (χ0v) is 10.4. The van der Waals surface area contributed by atoms with Crippen molar-refractivity contribution in [2.75, 3.05) is 17.8 Å². The Kier molecular flexibility index (Phi) is 4.41. The molecule has 0 unspecified atom stereocenters. The van der Waals surface area contributed by atoms with Crippen LogP contribution in [0.3, 0.4) is 0 Å². The Bertz CT molecular complexity index is 535. The van der Waals surface area contributed by atoms with E-state index in [4.69, 9.17) is 10.5 Å². The molecule has 98 valence electrons. The second-order valence-corrected chi connectivity index (χ2v) is 3.48. The molecule has 3 N–H and O–H groups in total. The van der Waals surface area contributed by atoms with E-state index in [0.29, 0.717) is 5.70 Å². The first-order valence-corrected chi connectivity index (χ1v) is 5.29. The van der Waals surface area contributed by atoms with E-state index in [-0.39, 0.29) is 18.2 Å². The first-order chi connectivity index (χ1) is 8.45. The predicted octanol–water partition coefficient (Wildman–Crippen LogP) is -0.461. The molecule has 0 saturated heterocycles. The zero-order valence-electron chi connectivity index (χ0n) is 10.4. The lowest BCUT2D eigenvalue weighted by atomic mass is 10.4. The number of carbonyl (C=O) groups excluding carboxylic acids is 1. The first kappa shape index (κ1) is 13.7. The molecule has 18 heavy (non-hydrogen) atoms. The summed E-state index contributed by atoms with van der Waals surface area (Å²) in [5.74, 6) is -0.602. The number of nitrogens with two attached hydrogens (primary N) is 1. The molecule has 0 bridgehead atoms. The molecular formula is C10H15N5O3. The van der Waals surface area contributed by atoms with Crippen LogP contribution in [0.25, 0.3) is 0 Å². The molecule has 0 amide bonds. The van der Waals surface area contributed by atoms with Crippen molar-refractivity contribution < 1.29 is 9.53 Å². The molecule has 1 rings (SSSR count). The van der Waals surface area contributed by atoms with E-state index in [2.05, 4.69) is 15.6 Å². The molecule has 0 fully saturated rings. The number of hydrogen-bond acceptors (Lipinski definition) is 7. The molecule has 0 aromatic carbocycles. The number of hydrogen-bond donors (Lipinski definition) is 2. The number of allylic oxidation sites excluding steroid dienone is 1. The van der Waals surface area contributed by atoms with Crippen molar-refractivity contribution in [3.63, 3.8) is 0 Å². The summed E-state index contributed by atoms with van der Waals surface area (Å²) in [4.78, 5) is 22.9. The van der Waals surface area contributed by atoms with Gasteiger partial charge in [0, 0.05) is 11.8 Å². The summed E-state index contributed by atoms with van der Waals surface area (Å²) in [6.45, 7) is 5.09. The van der Waals surface area contributed by atoms with Crippen LogP contribution in [-0.2, 0) is 9.53 Å². The fourth-order valence-corrected chi connectivity index (χ4v) is 1.16. The minimum atomic E-state index is -0.507. The van der Waals surface area contributed by atoms with Gasteiger partial charge in [-0.15, -0.1) is 10.2 Å². The van der Waals surface area contributed by atoms with Crippen molar-refractivity contribution in [3.8, 4) is 0 Å². The van der Waals surface area contributed by atoms with Crippen molar-refractivity contribution in [2.24, 2.45) is 0 Å². The normalized spacial score (nSPS) is 11.2. The number of aromatic nitrogens is 3. The van der Waals surface area contributed by atoms with Crippen LogP contribution in [0.2, 0.25) is 0 Å². The third-order valence-corrected chi connectivity index (χ3v) is 1.95. The van der Waals surface area contributed by atoms with Gasteiger partial charge in [0.2, 0.25) is 5.95 Å². The van der Waals surface area contributed by atoms with Gasteiger partial charge in [-0.1, -0.05) is 0 Å². The molecular weight excluding hydrogens is 238 g/mol. The molecule has 1 aromatic rings. The van der Waals surface area contributed by atoms with Gasteiger partial charge < -0.3 is 10.5 Å². The van der Waals surface area contributed by atoms with E-state index in [9.17, 15) is 9.59 Å². The lowest BCUT2D eigenvalue weighted by Gasteiger charge is -2.11. The summed E-state index contributed by atoms with van der Waals surface area (Å²) in [6, 6.07) is 0. The first-order valence-electron chi connectivity index (χ1n) is 5.29. The summed E-state index contributed by atoms with van der Waals surface area (Å²) in [5.41, 5.74) is 8.32. The molecule has 1 heterocycles. The van der Waals surface area contributed by atoms with Gasteiger partial charge >= 0.3 is 5.97 Å². The van der Waals surface area contributed by atoms with E-state index in [1.807, 2.05) is 0 Å². The molecule has 0 aliphatic heterocycles. The fourth-order valence-electron chi connectivity index (χ4n) is 1.16. The van der Waals surface area contributed by atoms with Crippen LogP contribution >= 0.6 is 0 Å². The number of nitrogen functional groups attached to an aromatic ring is 1. The SMILES string of the molecule is CCOC(=O)/C=C(/C)Nn1c(N)nnc(C)c1=O. The van der Waals surface area contributed by atoms with E-state index in [0.717, 1.165) is 4.68 Å². The van der Waals surface area contributed by atoms with E-state index >= 15 is 0 Å². The quantitative estimate of drug-likeness (QED) is 0.551. The van der Waals surface area contributed by atoms with Crippen molar-refractivity contribution in [1.29, 1.82) is 0 Å². The van der Waals surface area contributed by atoms with Crippen molar-refractivity contribution >= 4 is 11.9 Å². The number of rotatable bonds is 4. The van der Waals surface area contributed by atoms with Crippen LogP contribution in [0.15, 0.2) is 16.6 Å². The Labute approximate surface area is 103 Å². The number of aryl methyl sites for hydroxylation is 1. The Morgan fingerprint density at radius 3 is 2.83 bits per heavy atom. The van der Waals surface area contributed by atoms with Gasteiger partial charge in [-0.05, 0) is 20.8 Å². The number of nitrogens with zero attached hydrogens (tertiary/aromatic N) is 3. The van der Waals surface area contributed by atoms with Crippen molar-refractivity contribution in [3.05, 3.63) is 27.8 Å². The Hall–Kier alpha value is -2.38. The van der Waals surface area contributed by atoms with Gasteiger partial charge in [-0.3, -0.25) is 10.2 Å². The summed E-state index contributed by atoms with van der Waals surface area (Å²) in [7, 11) is 0. The van der Waals surface area contributed by atoms with Gasteiger partial charge in [-0.25, -0.2) is 4.79 Å². The van der Waals surface area contributed by atoms with Crippen LogP contribution in [-0.4, -0.2) is 27.4 Å². The van der Waals surface area contributed by atoms with Gasteiger partial charge in [0.1, 0.15) is 5.69 Å². The Balaban J connectivity index is 2.95. The number of anilines is 1. The highest BCUT2D eigenvalue weighted by Crippen LogP contribution is 1.95. The summed E-state index contributed by atoms with van der Waals surface area (Å²) in [6.07, 6.45) is 1.21. The van der Waals surface area contributed by atoms with Crippen molar-refractivity contribution in [2.45, 2.75) is 20.8 Å². The van der Waals surface area contributed by atoms with Gasteiger partial charge in [-0.2, -0.15) is 4.68 Å². The largest absolute Gasteiger partial charge is 0.463 e. The molecule has 1 aromatic heterocycles. The predicted molar refractivity (Wildman–Crippen MR) is 65.2 cm³/mol. The number of esters is 1. The van der Waals surface area contributed by atoms with E-state index < -0.39 is 11.5 Å². The molecule has 8 heteroatoms. The Morgan fingerprint density at radius 1 is 1.56 bits per heavy atom. The molecule has 0 aliphatic rings. The maximum atomic E-state index is 11.7. The molecule has 8 nitrogen and oxygen atoms in total. The zero-order chi connectivity index (χ0) is 13.7. The monoisotopic (exact) mass is 253 g/mol. The Morgan fingerprint density at radius 2 is 2.22 bits per heavy atom. The van der Waals surface area contributed by atoms with Crippen LogP contribution in [0.4, 0.5) is 5.95 Å². The summed E-state index contributed by atoms with van der Waals surface area (Å²) >= 11 is 0. The van der Waals surface area contributed by atoms with Crippen LogP contribution in [0.5, 0.6) is 0 Å². The molecule has 0 spiro atoms. The molecule has 0 radical (unpaired) electrons. The highest BCUT2D eigenvalue weighted by atomic mass is 16.5. The maximum absolute atomic E-state index is 11.7. The number of nitrogens with one attached hydrogen (secondary N) is 1. The minimum Gasteiger partial charge on any atom is -0.463 e. The van der Waals surface area contributed by atoms with Gasteiger partial charge in [0.15, 0.2) is 0 Å². The second kappa shape index (κ2) is 5.80. The van der Waals surface area contributed by atoms with Crippen LogP contribution < -0.4 is 16.7 Å². The average molecular weight is 253 g/mol. The average Bonchev–Trinajstić information content (AvgIpc) is 2.30. The smallest absolute Gasteiger partial charge is 0.332 e. The highest BCUT2D eigenvalue weighted by molar-refractivity contribution is 5.82. The molecule has 0 aliphatic carbocycles. The number of ether oxygens (including phenoxy) is 1. The van der Waals surface area contributed by atoms with Crippen LogP contribution in [0, 0.1) is 6.92 Å². The van der Waals surface area contributed by atoms with Gasteiger partial charge in [0.25, 0.3) is 5.56 Å². The molecule has 0 saturated carbocycles. The highest BCUT2D eigenvalue weighted by Gasteiger charge is 2.07. The maximum Gasteiger partial charge on any atom is 0.332 e. The van der Waals surface area contributed by atoms with E-state index in [1.165, 1.54) is 13.0 Å². The van der Waals surface area contributed by atoms with Gasteiger partial charge in [0.05, 0.1) is 6.61 Å². The topological polar surface area (TPSA) is 112 Å². The van der Waals surface area contributed by atoms with E-state index in [1.54, 1.807) is 13.8 Å². The fraction of sp³-hybridized carbons (Fsp3) is 0.400. The summed E-state index contributed by atoms with van der Waals surface area (Å²) in [5, 5.41) is 7.17. The summed E-state index contributed by atoms with van der Waals surface area (Å²) < 4.78 is 5.74. The minimum absolute atomic E-state index is 0.0952. The molecule has 0 atom stereocenters. The standard InChI is InChI=1S/C10H15N5O3/c1-4-18-8(16)5-6(2)14-15-9(17)7(3)12-13-10(15)11/h5,14H,4H2,1-3H3,(H2,11,13)/b6-5-. The lowest BCUT2D eigenvalue weighted by Crippen LogP contribution is -2.33.